The average Bonchev–Trinajstić information content (AvgIpc) is 3.11. The van der Waals surface area contributed by atoms with Crippen LogP contribution in [0.25, 0.3) is 10.2 Å². The summed E-state index contributed by atoms with van der Waals surface area (Å²) < 4.78 is 5.69. The third-order valence-corrected chi connectivity index (χ3v) is 5.38. The Kier molecular flexibility index (Phi) is 4.33. The van der Waals surface area contributed by atoms with Crippen molar-refractivity contribution in [2.75, 3.05) is 18.5 Å². The standard InChI is InChI=1S/C15H19N3OS.ClH/c1-9-17-14(16-8-10-4-3-7-19-10)13-11-5-2-6-12(11)20-15(13)18-9;/h10H,2-8H2,1H3,(H,16,17,18);1H. The molecule has 0 bridgehead atoms. The zero-order valence-corrected chi connectivity index (χ0v) is 13.8. The summed E-state index contributed by atoms with van der Waals surface area (Å²) in [6, 6.07) is 0. The Morgan fingerprint density at radius 2 is 2.19 bits per heavy atom. The smallest absolute Gasteiger partial charge is 0.138 e. The van der Waals surface area contributed by atoms with Gasteiger partial charge in [0.25, 0.3) is 0 Å². The highest BCUT2D eigenvalue weighted by Gasteiger charge is 2.22. The Bertz CT molecular complexity index is 652. The third-order valence-electron chi connectivity index (χ3n) is 4.20. The van der Waals surface area contributed by atoms with Crippen molar-refractivity contribution in [2.24, 2.45) is 0 Å². The molecule has 6 heteroatoms. The van der Waals surface area contributed by atoms with Crippen LogP contribution in [-0.2, 0) is 17.6 Å². The second-order valence-corrected chi connectivity index (χ2v) is 6.76. The van der Waals surface area contributed by atoms with E-state index in [-0.39, 0.29) is 12.4 Å². The van der Waals surface area contributed by atoms with E-state index in [2.05, 4.69) is 15.3 Å². The molecule has 21 heavy (non-hydrogen) atoms. The monoisotopic (exact) mass is 325 g/mol. The van der Waals surface area contributed by atoms with E-state index in [0.29, 0.717) is 6.10 Å². The average molecular weight is 326 g/mol. The molecule has 114 valence electrons. The van der Waals surface area contributed by atoms with Crippen LogP contribution >= 0.6 is 23.7 Å². The highest BCUT2D eigenvalue weighted by molar-refractivity contribution is 7.19. The van der Waals surface area contributed by atoms with Gasteiger partial charge in [-0.25, -0.2) is 9.97 Å². The number of fused-ring (bicyclic) bond motifs is 3. The van der Waals surface area contributed by atoms with Crippen LogP contribution in [0.2, 0.25) is 0 Å². The minimum atomic E-state index is 0. The number of nitrogens with zero attached hydrogens (tertiary/aromatic N) is 2. The molecule has 2 aliphatic rings. The van der Waals surface area contributed by atoms with Crippen LogP contribution in [0.3, 0.4) is 0 Å². The van der Waals surface area contributed by atoms with Crippen LogP contribution in [-0.4, -0.2) is 29.2 Å². The van der Waals surface area contributed by atoms with Crippen molar-refractivity contribution in [1.29, 1.82) is 0 Å². The Balaban J connectivity index is 0.00000132. The summed E-state index contributed by atoms with van der Waals surface area (Å²) in [6.45, 7) is 3.73. The zero-order chi connectivity index (χ0) is 13.5. The molecular weight excluding hydrogens is 306 g/mol. The highest BCUT2D eigenvalue weighted by atomic mass is 35.5. The number of hydrogen-bond acceptors (Lipinski definition) is 5. The van der Waals surface area contributed by atoms with E-state index >= 15 is 0 Å². The molecule has 4 nitrogen and oxygen atoms in total. The van der Waals surface area contributed by atoms with E-state index in [1.54, 1.807) is 0 Å². The maximum absolute atomic E-state index is 5.69. The second-order valence-electron chi connectivity index (χ2n) is 5.67. The Morgan fingerprint density at radius 1 is 1.29 bits per heavy atom. The first-order valence-electron chi connectivity index (χ1n) is 7.45. The molecule has 1 saturated heterocycles. The number of aryl methyl sites for hydroxylation is 3. The minimum absolute atomic E-state index is 0. The molecule has 0 saturated carbocycles. The number of anilines is 1. The Labute approximate surface area is 134 Å². The summed E-state index contributed by atoms with van der Waals surface area (Å²) in [7, 11) is 0. The van der Waals surface area contributed by atoms with E-state index < -0.39 is 0 Å². The van der Waals surface area contributed by atoms with Gasteiger partial charge < -0.3 is 10.1 Å². The summed E-state index contributed by atoms with van der Waals surface area (Å²) >= 11 is 1.85. The number of nitrogens with one attached hydrogen (secondary N) is 1. The van der Waals surface area contributed by atoms with Gasteiger partial charge in [-0.15, -0.1) is 23.7 Å². The molecular formula is C15H20ClN3OS. The lowest BCUT2D eigenvalue weighted by molar-refractivity contribution is 0.120. The fourth-order valence-electron chi connectivity index (χ4n) is 3.25. The zero-order valence-electron chi connectivity index (χ0n) is 12.1. The van der Waals surface area contributed by atoms with Gasteiger partial charge in [0, 0.05) is 18.0 Å². The van der Waals surface area contributed by atoms with Crippen molar-refractivity contribution in [2.45, 2.75) is 45.1 Å². The van der Waals surface area contributed by atoms with Crippen LogP contribution < -0.4 is 5.32 Å². The van der Waals surface area contributed by atoms with Crippen molar-refractivity contribution in [1.82, 2.24) is 9.97 Å². The molecule has 1 aliphatic carbocycles. The third kappa shape index (κ3) is 2.74. The lowest BCUT2D eigenvalue weighted by atomic mass is 10.2. The van der Waals surface area contributed by atoms with E-state index in [0.717, 1.165) is 36.0 Å². The lowest BCUT2D eigenvalue weighted by Gasteiger charge is -2.13. The van der Waals surface area contributed by atoms with Gasteiger partial charge in [-0.1, -0.05) is 0 Å². The second kappa shape index (κ2) is 6.07. The largest absolute Gasteiger partial charge is 0.376 e. The van der Waals surface area contributed by atoms with Crippen molar-refractivity contribution < 1.29 is 4.74 Å². The molecule has 2 aromatic heterocycles. The molecule has 0 aromatic carbocycles. The summed E-state index contributed by atoms with van der Waals surface area (Å²) in [5, 5.41) is 4.79. The molecule has 0 radical (unpaired) electrons. The number of rotatable bonds is 3. The summed E-state index contributed by atoms with van der Waals surface area (Å²) in [5.41, 5.74) is 1.49. The van der Waals surface area contributed by atoms with Gasteiger partial charge >= 0.3 is 0 Å². The molecule has 1 unspecified atom stereocenters. The molecule has 1 N–H and O–H groups in total. The van der Waals surface area contributed by atoms with Crippen LogP contribution in [0.4, 0.5) is 5.82 Å². The van der Waals surface area contributed by atoms with Gasteiger partial charge in [-0.3, -0.25) is 0 Å². The molecule has 1 fully saturated rings. The van der Waals surface area contributed by atoms with Crippen LogP contribution in [0, 0.1) is 6.92 Å². The van der Waals surface area contributed by atoms with E-state index in [1.807, 2.05) is 18.3 Å². The van der Waals surface area contributed by atoms with Crippen molar-refractivity contribution in [3.8, 4) is 0 Å². The Hall–Kier alpha value is -0.910. The quantitative estimate of drug-likeness (QED) is 0.938. The van der Waals surface area contributed by atoms with E-state index in [9.17, 15) is 0 Å². The van der Waals surface area contributed by atoms with E-state index in [4.69, 9.17) is 4.74 Å². The predicted molar refractivity (Wildman–Crippen MR) is 88.9 cm³/mol. The number of aromatic nitrogens is 2. The van der Waals surface area contributed by atoms with Crippen molar-refractivity contribution in [3.05, 3.63) is 16.3 Å². The maximum atomic E-state index is 5.69. The maximum Gasteiger partial charge on any atom is 0.138 e. The van der Waals surface area contributed by atoms with E-state index in [1.165, 1.54) is 41.5 Å². The van der Waals surface area contributed by atoms with Gasteiger partial charge in [0.1, 0.15) is 16.5 Å². The van der Waals surface area contributed by atoms with Crippen molar-refractivity contribution in [3.63, 3.8) is 0 Å². The first-order valence-corrected chi connectivity index (χ1v) is 8.27. The van der Waals surface area contributed by atoms with Crippen molar-refractivity contribution >= 4 is 39.8 Å². The minimum Gasteiger partial charge on any atom is -0.376 e. The number of halogens is 1. The van der Waals surface area contributed by atoms with Gasteiger partial charge in [0.15, 0.2) is 0 Å². The first kappa shape index (κ1) is 15.0. The van der Waals surface area contributed by atoms with Gasteiger partial charge in [-0.05, 0) is 44.6 Å². The van der Waals surface area contributed by atoms with Crippen LogP contribution in [0.5, 0.6) is 0 Å². The molecule has 0 spiro atoms. The summed E-state index contributed by atoms with van der Waals surface area (Å²) in [6.07, 6.45) is 6.33. The Morgan fingerprint density at radius 3 is 3.00 bits per heavy atom. The first-order chi connectivity index (χ1) is 9.81. The molecule has 1 atom stereocenters. The predicted octanol–water partition coefficient (Wildman–Crippen LogP) is 3.50. The molecule has 2 aromatic rings. The number of thiophene rings is 1. The summed E-state index contributed by atoms with van der Waals surface area (Å²) in [4.78, 5) is 11.9. The molecule has 1 aliphatic heterocycles. The van der Waals surface area contributed by atoms with Gasteiger partial charge in [0.2, 0.25) is 0 Å². The topological polar surface area (TPSA) is 47.0 Å². The number of ether oxygens (including phenoxy) is 1. The lowest BCUT2D eigenvalue weighted by Crippen LogP contribution is -2.19. The summed E-state index contributed by atoms with van der Waals surface area (Å²) in [5.74, 6) is 1.87. The fourth-order valence-corrected chi connectivity index (χ4v) is 4.55. The molecule has 0 amide bonds. The van der Waals surface area contributed by atoms with Crippen LogP contribution in [0.1, 0.15) is 35.5 Å². The fraction of sp³-hybridized carbons (Fsp3) is 0.600. The normalized spacial score (nSPS) is 20.5. The van der Waals surface area contributed by atoms with Crippen LogP contribution in [0.15, 0.2) is 0 Å². The number of hydrogen-bond donors (Lipinski definition) is 1. The molecule has 3 heterocycles. The highest BCUT2D eigenvalue weighted by Crippen LogP contribution is 2.39. The SMILES string of the molecule is Cc1nc(NCC2CCCO2)c2c3c(sc2n1)CCC3.Cl. The van der Waals surface area contributed by atoms with Gasteiger partial charge in [-0.2, -0.15) is 0 Å². The van der Waals surface area contributed by atoms with Gasteiger partial charge in [0.05, 0.1) is 11.5 Å². The molecule has 4 rings (SSSR count).